The zero-order chi connectivity index (χ0) is 16.0. The topological polar surface area (TPSA) is 84.3 Å². The molecule has 0 bridgehead atoms. The second-order valence-corrected chi connectivity index (χ2v) is 4.22. The minimum atomic E-state index is -4.40. The van der Waals surface area contributed by atoms with Gasteiger partial charge in [-0.05, 0) is 12.5 Å². The summed E-state index contributed by atoms with van der Waals surface area (Å²) in [6.45, 7) is -0.0696. The monoisotopic (exact) mass is 305 g/mol. The van der Waals surface area contributed by atoms with E-state index in [1.807, 2.05) is 5.32 Å². The number of hydrogen-bond acceptors (Lipinski definition) is 4. The minimum Gasteiger partial charge on any atom is -0.325 e. The van der Waals surface area contributed by atoms with Crippen molar-refractivity contribution in [3.05, 3.63) is 33.9 Å². The first-order valence-electron chi connectivity index (χ1n) is 6.07. The number of anilines is 1. The smallest absolute Gasteiger partial charge is 0.325 e. The van der Waals surface area contributed by atoms with Crippen molar-refractivity contribution < 1.29 is 22.9 Å². The highest BCUT2D eigenvalue weighted by Gasteiger charge is 2.26. The van der Waals surface area contributed by atoms with Crippen LogP contribution in [0.25, 0.3) is 0 Å². The summed E-state index contributed by atoms with van der Waals surface area (Å²) < 4.78 is 35.7. The average molecular weight is 305 g/mol. The Hall–Kier alpha value is -2.16. The van der Waals surface area contributed by atoms with Crippen LogP contribution < -0.4 is 10.6 Å². The van der Waals surface area contributed by atoms with Crippen LogP contribution in [0.4, 0.5) is 24.5 Å². The lowest BCUT2D eigenvalue weighted by Gasteiger charge is -2.09. The van der Waals surface area contributed by atoms with E-state index in [2.05, 4.69) is 5.32 Å². The van der Waals surface area contributed by atoms with Crippen molar-refractivity contribution >= 4 is 17.3 Å². The lowest BCUT2D eigenvalue weighted by atomic mass is 10.1. The Morgan fingerprint density at radius 3 is 2.57 bits per heavy atom. The molecule has 116 valence electrons. The van der Waals surface area contributed by atoms with Crippen molar-refractivity contribution in [1.29, 1.82) is 0 Å². The van der Waals surface area contributed by atoms with Gasteiger partial charge in [0.25, 0.3) is 5.69 Å². The predicted octanol–water partition coefficient (Wildman–Crippen LogP) is 2.25. The number of nitro groups is 1. The SMILES string of the molecule is CCc1ccc(NC(=O)CNCC(F)(F)F)cc1[N+](=O)[O-]. The summed E-state index contributed by atoms with van der Waals surface area (Å²) in [7, 11) is 0. The van der Waals surface area contributed by atoms with Gasteiger partial charge in [0.2, 0.25) is 5.91 Å². The van der Waals surface area contributed by atoms with E-state index >= 15 is 0 Å². The number of rotatable bonds is 6. The molecule has 1 aromatic carbocycles. The Balaban J connectivity index is 2.64. The van der Waals surface area contributed by atoms with E-state index in [0.717, 1.165) is 0 Å². The molecule has 9 heteroatoms. The fourth-order valence-electron chi connectivity index (χ4n) is 1.63. The van der Waals surface area contributed by atoms with Gasteiger partial charge in [0, 0.05) is 17.3 Å². The Kier molecular flexibility index (Phi) is 5.65. The predicted molar refractivity (Wildman–Crippen MR) is 70.0 cm³/mol. The zero-order valence-electron chi connectivity index (χ0n) is 11.2. The van der Waals surface area contributed by atoms with Crippen molar-refractivity contribution in [2.24, 2.45) is 0 Å². The van der Waals surface area contributed by atoms with Crippen LogP contribution in [0.15, 0.2) is 18.2 Å². The first kappa shape index (κ1) is 16.9. The first-order chi connectivity index (χ1) is 9.73. The second kappa shape index (κ2) is 7.02. The summed E-state index contributed by atoms with van der Waals surface area (Å²) in [4.78, 5) is 21.7. The van der Waals surface area contributed by atoms with E-state index in [9.17, 15) is 28.1 Å². The molecule has 0 aliphatic rings. The van der Waals surface area contributed by atoms with Crippen LogP contribution in [0.2, 0.25) is 0 Å². The Bertz CT molecular complexity index is 532. The third-order valence-electron chi connectivity index (χ3n) is 2.56. The van der Waals surface area contributed by atoms with Crippen LogP contribution in [0, 0.1) is 10.1 Å². The first-order valence-corrected chi connectivity index (χ1v) is 6.07. The average Bonchev–Trinajstić information content (AvgIpc) is 2.37. The third-order valence-corrected chi connectivity index (χ3v) is 2.56. The molecule has 0 aromatic heterocycles. The Morgan fingerprint density at radius 1 is 1.38 bits per heavy atom. The molecule has 1 amide bonds. The zero-order valence-corrected chi connectivity index (χ0v) is 11.2. The summed E-state index contributed by atoms with van der Waals surface area (Å²) in [6, 6.07) is 4.14. The van der Waals surface area contributed by atoms with Crippen molar-refractivity contribution in [3.8, 4) is 0 Å². The van der Waals surface area contributed by atoms with Gasteiger partial charge in [0.15, 0.2) is 0 Å². The maximum Gasteiger partial charge on any atom is 0.401 e. The molecule has 21 heavy (non-hydrogen) atoms. The number of nitrogens with zero attached hydrogens (tertiary/aromatic N) is 1. The highest BCUT2D eigenvalue weighted by molar-refractivity contribution is 5.92. The summed E-state index contributed by atoms with van der Waals surface area (Å²) >= 11 is 0. The van der Waals surface area contributed by atoms with E-state index < -0.39 is 30.1 Å². The van der Waals surface area contributed by atoms with E-state index in [-0.39, 0.29) is 11.4 Å². The molecule has 0 spiro atoms. The van der Waals surface area contributed by atoms with Gasteiger partial charge in [0.1, 0.15) is 0 Å². The molecule has 0 heterocycles. The lowest BCUT2D eigenvalue weighted by molar-refractivity contribution is -0.385. The molecular weight excluding hydrogens is 291 g/mol. The van der Waals surface area contributed by atoms with Crippen molar-refractivity contribution in [2.75, 3.05) is 18.4 Å². The summed E-state index contributed by atoms with van der Waals surface area (Å²) in [5.41, 5.74) is 0.532. The molecule has 0 radical (unpaired) electrons. The van der Waals surface area contributed by atoms with Crippen LogP contribution >= 0.6 is 0 Å². The van der Waals surface area contributed by atoms with Gasteiger partial charge in [-0.3, -0.25) is 14.9 Å². The van der Waals surface area contributed by atoms with Crippen LogP contribution in [-0.2, 0) is 11.2 Å². The molecule has 0 unspecified atom stereocenters. The molecule has 1 aromatic rings. The Labute approximate surface area is 118 Å². The van der Waals surface area contributed by atoms with Crippen LogP contribution in [0.1, 0.15) is 12.5 Å². The second-order valence-electron chi connectivity index (χ2n) is 4.22. The number of carbonyl (C=O) groups excluding carboxylic acids is 1. The van der Waals surface area contributed by atoms with Crippen molar-refractivity contribution in [3.63, 3.8) is 0 Å². The lowest BCUT2D eigenvalue weighted by Crippen LogP contribution is -2.35. The molecule has 0 fully saturated rings. The van der Waals surface area contributed by atoms with Crippen LogP contribution in [-0.4, -0.2) is 30.1 Å². The Morgan fingerprint density at radius 2 is 2.05 bits per heavy atom. The minimum absolute atomic E-state index is 0.140. The maximum absolute atomic E-state index is 11.9. The van der Waals surface area contributed by atoms with Gasteiger partial charge in [-0.15, -0.1) is 0 Å². The largest absolute Gasteiger partial charge is 0.401 e. The number of alkyl halides is 3. The molecule has 0 saturated heterocycles. The molecular formula is C12H14F3N3O3. The number of nitro benzene ring substituents is 1. The molecule has 0 aliphatic heterocycles. The maximum atomic E-state index is 11.9. The molecule has 6 nitrogen and oxygen atoms in total. The molecule has 1 rings (SSSR count). The van der Waals surface area contributed by atoms with E-state index in [0.29, 0.717) is 12.0 Å². The molecule has 0 aliphatic carbocycles. The molecule has 0 atom stereocenters. The number of hydrogen-bond donors (Lipinski definition) is 2. The number of halogens is 3. The van der Waals surface area contributed by atoms with Gasteiger partial charge in [-0.1, -0.05) is 13.0 Å². The van der Waals surface area contributed by atoms with Gasteiger partial charge >= 0.3 is 6.18 Å². The van der Waals surface area contributed by atoms with E-state index in [1.54, 1.807) is 6.92 Å². The number of nitrogens with one attached hydrogen (secondary N) is 2. The van der Waals surface area contributed by atoms with Gasteiger partial charge in [0.05, 0.1) is 18.0 Å². The van der Waals surface area contributed by atoms with Crippen LogP contribution in [0.5, 0.6) is 0 Å². The van der Waals surface area contributed by atoms with Crippen molar-refractivity contribution in [2.45, 2.75) is 19.5 Å². The number of aryl methyl sites for hydroxylation is 1. The number of amides is 1. The van der Waals surface area contributed by atoms with Crippen molar-refractivity contribution in [1.82, 2.24) is 5.32 Å². The molecule has 0 saturated carbocycles. The fourth-order valence-corrected chi connectivity index (χ4v) is 1.63. The standard InChI is InChI=1S/C12H14F3N3O3/c1-2-8-3-4-9(5-10(8)18(20)21)17-11(19)6-16-7-12(13,14)15/h3-5,16H,2,6-7H2,1H3,(H,17,19). The number of carbonyl (C=O) groups is 1. The highest BCUT2D eigenvalue weighted by Crippen LogP contribution is 2.23. The fraction of sp³-hybridized carbons (Fsp3) is 0.417. The molecule has 2 N–H and O–H groups in total. The highest BCUT2D eigenvalue weighted by atomic mass is 19.4. The van der Waals surface area contributed by atoms with E-state index in [4.69, 9.17) is 0 Å². The quantitative estimate of drug-likeness (QED) is 0.623. The van der Waals surface area contributed by atoms with Crippen LogP contribution in [0.3, 0.4) is 0 Å². The summed E-state index contributed by atoms with van der Waals surface area (Å²) in [5, 5.41) is 15.1. The summed E-state index contributed by atoms with van der Waals surface area (Å²) in [5.74, 6) is -0.710. The van der Waals surface area contributed by atoms with Gasteiger partial charge < -0.3 is 10.6 Å². The van der Waals surface area contributed by atoms with Gasteiger partial charge in [-0.2, -0.15) is 13.2 Å². The van der Waals surface area contributed by atoms with Gasteiger partial charge in [-0.25, -0.2) is 0 Å². The summed E-state index contributed by atoms with van der Waals surface area (Å²) in [6.07, 6.45) is -3.94. The number of benzene rings is 1. The van der Waals surface area contributed by atoms with E-state index in [1.165, 1.54) is 18.2 Å². The normalized spacial score (nSPS) is 11.2. The third kappa shape index (κ3) is 5.78.